The van der Waals surface area contributed by atoms with Crippen molar-refractivity contribution >= 4 is 17.5 Å². The van der Waals surface area contributed by atoms with Gasteiger partial charge in [0, 0.05) is 19.0 Å². The molecule has 2 amide bonds. The molecule has 1 aromatic carbocycles. The molecule has 5 nitrogen and oxygen atoms in total. The summed E-state index contributed by atoms with van der Waals surface area (Å²) in [7, 11) is 2.08. The van der Waals surface area contributed by atoms with Gasteiger partial charge in [-0.2, -0.15) is 0 Å². The van der Waals surface area contributed by atoms with Gasteiger partial charge in [0.2, 0.25) is 5.91 Å². The van der Waals surface area contributed by atoms with E-state index in [1.54, 1.807) is 0 Å². The minimum absolute atomic E-state index is 0.0361. The van der Waals surface area contributed by atoms with Gasteiger partial charge in [-0.25, -0.2) is 0 Å². The Balaban J connectivity index is 1.69. The number of nitrogens with zero attached hydrogens (tertiary/aromatic N) is 2. The maximum atomic E-state index is 12.8. The van der Waals surface area contributed by atoms with Crippen LogP contribution in [0.1, 0.15) is 42.5 Å². The molecule has 1 N–H and O–H groups in total. The molecular formula is C19H27N3O2. The van der Waals surface area contributed by atoms with E-state index in [4.69, 9.17) is 0 Å². The lowest BCUT2D eigenvalue weighted by molar-refractivity contribution is -0.121. The van der Waals surface area contributed by atoms with Crippen molar-refractivity contribution in [3.63, 3.8) is 0 Å². The first-order chi connectivity index (χ1) is 11.6. The largest absolute Gasteiger partial charge is 0.339 e. The Morgan fingerprint density at radius 1 is 1.00 bits per heavy atom. The Morgan fingerprint density at radius 3 is 2.38 bits per heavy atom. The molecule has 0 radical (unpaired) electrons. The van der Waals surface area contributed by atoms with E-state index in [0.717, 1.165) is 51.9 Å². The average Bonchev–Trinajstić information content (AvgIpc) is 2.63. The van der Waals surface area contributed by atoms with E-state index in [0.29, 0.717) is 11.3 Å². The summed E-state index contributed by atoms with van der Waals surface area (Å²) in [5.74, 6) is 0.121. The molecule has 130 valence electrons. The molecule has 0 aromatic heterocycles. The first kappa shape index (κ1) is 17.0. The van der Waals surface area contributed by atoms with Crippen molar-refractivity contribution < 1.29 is 9.59 Å². The second-order valence-corrected chi connectivity index (χ2v) is 6.97. The molecule has 0 saturated carbocycles. The third-order valence-corrected chi connectivity index (χ3v) is 5.15. The fourth-order valence-corrected chi connectivity index (χ4v) is 3.55. The molecule has 0 atom stereocenters. The van der Waals surface area contributed by atoms with Gasteiger partial charge < -0.3 is 15.1 Å². The van der Waals surface area contributed by atoms with Crippen LogP contribution in [0.4, 0.5) is 5.69 Å². The summed E-state index contributed by atoms with van der Waals surface area (Å²) in [5, 5.41) is 3.01. The summed E-state index contributed by atoms with van der Waals surface area (Å²) in [5.41, 5.74) is 1.26. The number of anilines is 1. The van der Waals surface area contributed by atoms with Crippen molar-refractivity contribution in [1.29, 1.82) is 0 Å². The molecule has 2 fully saturated rings. The highest BCUT2D eigenvalue weighted by Crippen LogP contribution is 2.23. The zero-order valence-electron chi connectivity index (χ0n) is 14.5. The van der Waals surface area contributed by atoms with Crippen LogP contribution in [0.5, 0.6) is 0 Å². The number of hydrogen-bond donors (Lipinski definition) is 1. The lowest BCUT2D eigenvalue weighted by Gasteiger charge is -2.29. The third kappa shape index (κ3) is 3.96. The zero-order chi connectivity index (χ0) is 16.9. The Bertz CT molecular complexity index is 588. The molecule has 1 aromatic rings. The van der Waals surface area contributed by atoms with Gasteiger partial charge in [-0.3, -0.25) is 9.59 Å². The van der Waals surface area contributed by atoms with Gasteiger partial charge in [0.25, 0.3) is 5.91 Å². The van der Waals surface area contributed by atoms with E-state index >= 15 is 0 Å². The molecule has 2 heterocycles. The van der Waals surface area contributed by atoms with Gasteiger partial charge in [-0.1, -0.05) is 12.1 Å². The number of piperidine rings is 2. The Hall–Kier alpha value is -1.88. The minimum Gasteiger partial charge on any atom is -0.339 e. The van der Waals surface area contributed by atoms with E-state index < -0.39 is 0 Å². The highest BCUT2D eigenvalue weighted by atomic mass is 16.2. The van der Waals surface area contributed by atoms with E-state index in [9.17, 15) is 9.59 Å². The van der Waals surface area contributed by atoms with Crippen molar-refractivity contribution in [1.82, 2.24) is 9.80 Å². The topological polar surface area (TPSA) is 52.7 Å². The predicted octanol–water partition coefficient (Wildman–Crippen LogP) is 2.59. The Morgan fingerprint density at radius 2 is 1.67 bits per heavy atom. The first-order valence-electron chi connectivity index (χ1n) is 9.03. The number of benzene rings is 1. The van der Waals surface area contributed by atoms with E-state index in [2.05, 4.69) is 17.3 Å². The number of rotatable bonds is 3. The molecule has 0 unspecified atom stereocenters. The molecule has 0 spiro atoms. The summed E-state index contributed by atoms with van der Waals surface area (Å²) in [4.78, 5) is 29.5. The second kappa shape index (κ2) is 7.79. The van der Waals surface area contributed by atoms with Gasteiger partial charge in [0.05, 0.1) is 11.3 Å². The van der Waals surface area contributed by atoms with Gasteiger partial charge >= 0.3 is 0 Å². The van der Waals surface area contributed by atoms with Gasteiger partial charge in [-0.15, -0.1) is 0 Å². The number of likely N-dealkylation sites (tertiary alicyclic amines) is 2. The fourth-order valence-electron chi connectivity index (χ4n) is 3.55. The maximum Gasteiger partial charge on any atom is 0.255 e. The summed E-state index contributed by atoms with van der Waals surface area (Å²) in [6.07, 6.45) is 5.08. The molecule has 5 heteroatoms. The second-order valence-electron chi connectivity index (χ2n) is 6.97. The van der Waals surface area contributed by atoms with Crippen molar-refractivity contribution in [3.05, 3.63) is 29.8 Å². The first-order valence-corrected chi connectivity index (χ1v) is 9.03. The summed E-state index contributed by atoms with van der Waals surface area (Å²) < 4.78 is 0. The van der Waals surface area contributed by atoms with Gasteiger partial charge in [0.15, 0.2) is 0 Å². The number of nitrogens with one attached hydrogen (secondary N) is 1. The third-order valence-electron chi connectivity index (χ3n) is 5.15. The smallest absolute Gasteiger partial charge is 0.255 e. The molecule has 3 rings (SSSR count). The van der Waals surface area contributed by atoms with Crippen LogP contribution in [0.15, 0.2) is 24.3 Å². The van der Waals surface area contributed by atoms with Crippen LogP contribution in [0, 0.1) is 5.92 Å². The standard InChI is InChI=1S/C19H27N3O2/c1-21-13-9-15(10-14-21)18(23)20-17-8-4-3-7-16(17)19(24)22-11-5-2-6-12-22/h3-4,7-8,15H,2,5-6,9-14H2,1H3,(H,20,23). The van der Waals surface area contributed by atoms with Crippen LogP contribution in [-0.4, -0.2) is 54.8 Å². The number of hydrogen-bond acceptors (Lipinski definition) is 3. The number of amides is 2. The van der Waals surface area contributed by atoms with Crippen LogP contribution >= 0.6 is 0 Å². The lowest BCUT2D eigenvalue weighted by Crippen LogP contribution is -2.37. The molecule has 2 aliphatic heterocycles. The van der Waals surface area contributed by atoms with Crippen LogP contribution in [0.25, 0.3) is 0 Å². The minimum atomic E-state index is 0.0361. The predicted molar refractivity (Wildman–Crippen MR) is 95.0 cm³/mol. The van der Waals surface area contributed by atoms with Gasteiger partial charge in [-0.05, 0) is 64.4 Å². The molecule has 0 aliphatic carbocycles. The van der Waals surface area contributed by atoms with Crippen LogP contribution < -0.4 is 5.32 Å². The zero-order valence-corrected chi connectivity index (χ0v) is 14.5. The number of para-hydroxylation sites is 1. The quantitative estimate of drug-likeness (QED) is 0.927. The van der Waals surface area contributed by atoms with Crippen LogP contribution in [0.2, 0.25) is 0 Å². The highest BCUT2D eigenvalue weighted by Gasteiger charge is 2.25. The summed E-state index contributed by atoms with van der Waals surface area (Å²) >= 11 is 0. The van der Waals surface area contributed by atoms with E-state index in [1.165, 1.54) is 6.42 Å². The summed E-state index contributed by atoms with van der Waals surface area (Å²) in [6.45, 7) is 3.53. The number of carbonyl (C=O) groups is 2. The van der Waals surface area contributed by atoms with Crippen molar-refractivity contribution in [3.8, 4) is 0 Å². The monoisotopic (exact) mass is 329 g/mol. The molecule has 0 bridgehead atoms. The molecular weight excluding hydrogens is 302 g/mol. The summed E-state index contributed by atoms with van der Waals surface area (Å²) in [6, 6.07) is 7.39. The van der Waals surface area contributed by atoms with E-state index in [-0.39, 0.29) is 17.7 Å². The molecule has 2 aliphatic rings. The number of carbonyl (C=O) groups excluding carboxylic acids is 2. The van der Waals surface area contributed by atoms with Crippen LogP contribution in [-0.2, 0) is 4.79 Å². The Labute approximate surface area is 144 Å². The van der Waals surface area contributed by atoms with Crippen molar-refractivity contribution in [2.75, 3.05) is 38.5 Å². The van der Waals surface area contributed by atoms with Crippen molar-refractivity contribution in [2.45, 2.75) is 32.1 Å². The van der Waals surface area contributed by atoms with Crippen LogP contribution in [0.3, 0.4) is 0 Å². The normalized spacial score (nSPS) is 20.0. The SMILES string of the molecule is CN1CCC(C(=O)Nc2ccccc2C(=O)N2CCCCC2)CC1. The molecule has 24 heavy (non-hydrogen) atoms. The van der Waals surface area contributed by atoms with Gasteiger partial charge in [0.1, 0.15) is 0 Å². The maximum absolute atomic E-state index is 12.8. The highest BCUT2D eigenvalue weighted by molar-refractivity contribution is 6.04. The fraction of sp³-hybridized carbons (Fsp3) is 0.579. The average molecular weight is 329 g/mol. The molecule has 2 saturated heterocycles. The van der Waals surface area contributed by atoms with Crippen molar-refractivity contribution in [2.24, 2.45) is 5.92 Å². The lowest BCUT2D eigenvalue weighted by atomic mass is 9.96. The Kier molecular flexibility index (Phi) is 5.51. The van der Waals surface area contributed by atoms with E-state index in [1.807, 2.05) is 29.2 Å².